The van der Waals surface area contributed by atoms with Gasteiger partial charge < -0.3 is 10.1 Å². The van der Waals surface area contributed by atoms with Crippen molar-refractivity contribution in [1.29, 1.82) is 0 Å². The average Bonchev–Trinajstić information content (AvgIpc) is 2.34. The molecule has 1 aliphatic rings. The van der Waals surface area contributed by atoms with Crippen LogP contribution in [0, 0.1) is 6.92 Å². The van der Waals surface area contributed by atoms with E-state index >= 15 is 0 Å². The second-order valence-electron chi connectivity index (χ2n) is 4.33. The molecule has 1 unspecified atom stereocenters. The predicted octanol–water partition coefficient (Wildman–Crippen LogP) is 1.22. The molecule has 5 heteroatoms. The van der Waals surface area contributed by atoms with Crippen molar-refractivity contribution in [3.05, 3.63) is 23.8 Å². The molecule has 0 aromatic heterocycles. The number of benzene rings is 1. The van der Waals surface area contributed by atoms with E-state index in [-0.39, 0.29) is 17.9 Å². The number of hydrogen-bond donors (Lipinski definition) is 2. The average molecular weight is 248 g/mol. The van der Waals surface area contributed by atoms with E-state index in [1.165, 1.54) is 0 Å². The van der Waals surface area contributed by atoms with Gasteiger partial charge in [0.15, 0.2) is 0 Å². The Morgan fingerprint density at radius 3 is 2.78 bits per heavy atom. The molecule has 96 valence electrons. The fourth-order valence-electron chi connectivity index (χ4n) is 1.94. The molecule has 1 saturated heterocycles. The van der Waals surface area contributed by atoms with Gasteiger partial charge in [-0.3, -0.25) is 14.9 Å². The van der Waals surface area contributed by atoms with Crippen LogP contribution in [0.15, 0.2) is 18.2 Å². The normalized spacial score (nSPS) is 19.3. The van der Waals surface area contributed by atoms with Gasteiger partial charge in [0.2, 0.25) is 11.8 Å². The molecule has 1 atom stereocenters. The highest BCUT2D eigenvalue weighted by molar-refractivity contribution is 6.01. The van der Waals surface area contributed by atoms with Crippen LogP contribution < -0.4 is 15.4 Å². The van der Waals surface area contributed by atoms with E-state index < -0.39 is 0 Å². The van der Waals surface area contributed by atoms with Crippen molar-refractivity contribution >= 4 is 17.5 Å². The lowest BCUT2D eigenvalue weighted by molar-refractivity contribution is -0.133. The highest BCUT2D eigenvalue weighted by atomic mass is 16.5. The van der Waals surface area contributed by atoms with Crippen LogP contribution in [0.2, 0.25) is 0 Å². The Balaban J connectivity index is 2.09. The molecule has 0 aliphatic carbocycles. The first kappa shape index (κ1) is 12.4. The summed E-state index contributed by atoms with van der Waals surface area (Å²) >= 11 is 0. The predicted molar refractivity (Wildman–Crippen MR) is 67.5 cm³/mol. The minimum absolute atomic E-state index is 0.204. The topological polar surface area (TPSA) is 67.4 Å². The number of hydrogen-bond acceptors (Lipinski definition) is 4. The fourth-order valence-corrected chi connectivity index (χ4v) is 1.94. The molecular weight excluding hydrogens is 232 g/mol. The third-order valence-corrected chi connectivity index (χ3v) is 3.00. The minimum atomic E-state index is -0.352. The van der Waals surface area contributed by atoms with Crippen LogP contribution in [-0.2, 0) is 9.59 Å². The zero-order valence-electron chi connectivity index (χ0n) is 10.4. The molecule has 1 aromatic rings. The van der Waals surface area contributed by atoms with Gasteiger partial charge in [-0.05, 0) is 37.1 Å². The number of anilines is 1. The van der Waals surface area contributed by atoms with Crippen molar-refractivity contribution in [3.63, 3.8) is 0 Å². The van der Waals surface area contributed by atoms with E-state index in [0.29, 0.717) is 12.8 Å². The third-order valence-electron chi connectivity index (χ3n) is 3.00. The summed E-state index contributed by atoms with van der Waals surface area (Å²) in [5.41, 5.74) is 1.88. The first-order valence-electron chi connectivity index (χ1n) is 5.85. The smallest absolute Gasteiger partial charge is 0.249 e. The fraction of sp³-hybridized carbons (Fsp3) is 0.385. The van der Waals surface area contributed by atoms with E-state index in [2.05, 4.69) is 10.6 Å². The Hall–Kier alpha value is -2.04. The largest absolute Gasteiger partial charge is 0.497 e. The van der Waals surface area contributed by atoms with E-state index in [0.717, 1.165) is 17.0 Å². The Bertz CT molecular complexity index is 485. The van der Waals surface area contributed by atoms with Crippen LogP contribution in [0.5, 0.6) is 5.75 Å². The molecule has 1 aromatic carbocycles. The Morgan fingerprint density at radius 1 is 1.39 bits per heavy atom. The van der Waals surface area contributed by atoms with E-state index in [4.69, 9.17) is 4.74 Å². The minimum Gasteiger partial charge on any atom is -0.497 e. The SMILES string of the molecule is COc1ccc(NC2CCC(=O)NC2=O)c(C)c1. The number of methoxy groups -OCH3 is 1. The molecule has 0 spiro atoms. The number of carbonyl (C=O) groups excluding carboxylic acids is 2. The highest BCUT2D eigenvalue weighted by Gasteiger charge is 2.26. The summed E-state index contributed by atoms with van der Waals surface area (Å²) in [5.74, 6) is 0.312. The van der Waals surface area contributed by atoms with E-state index in [1.54, 1.807) is 7.11 Å². The summed E-state index contributed by atoms with van der Waals surface area (Å²) in [5, 5.41) is 5.48. The second kappa shape index (κ2) is 5.08. The molecule has 5 nitrogen and oxygen atoms in total. The molecule has 2 amide bonds. The number of carbonyl (C=O) groups is 2. The van der Waals surface area contributed by atoms with Crippen molar-refractivity contribution in [1.82, 2.24) is 5.32 Å². The van der Waals surface area contributed by atoms with Crippen LogP contribution in [0.1, 0.15) is 18.4 Å². The molecule has 0 bridgehead atoms. The molecule has 1 heterocycles. The van der Waals surface area contributed by atoms with Gasteiger partial charge in [-0.25, -0.2) is 0 Å². The molecule has 18 heavy (non-hydrogen) atoms. The van der Waals surface area contributed by atoms with Crippen LogP contribution in [0.4, 0.5) is 5.69 Å². The lowest BCUT2D eigenvalue weighted by Gasteiger charge is -2.23. The number of imide groups is 1. The van der Waals surface area contributed by atoms with Crippen molar-refractivity contribution in [2.75, 3.05) is 12.4 Å². The van der Waals surface area contributed by atoms with Gasteiger partial charge >= 0.3 is 0 Å². The Kier molecular flexibility index (Phi) is 3.50. The van der Waals surface area contributed by atoms with Crippen molar-refractivity contribution in [3.8, 4) is 5.75 Å². The molecule has 0 saturated carbocycles. The maximum absolute atomic E-state index is 11.6. The van der Waals surface area contributed by atoms with Gasteiger partial charge in [-0.1, -0.05) is 0 Å². The van der Waals surface area contributed by atoms with Crippen LogP contribution in [-0.4, -0.2) is 25.0 Å². The first-order valence-corrected chi connectivity index (χ1v) is 5.85. The van der Waals surface area contributed by atoms with E-state index in [9.17, 15) is 9.59 Å². The molecular formula is C13H16N2O3. The Morgan fingerprint density at radius 2 is 2.17 bits per heavy atom. The third kappa shape index (κ3) is 2.61. The molecule has 1 aliphatic heterocycles. The van der Waals surface area contributed by atoms with Crippen molar-refractivity contribution in [2.24, 2.45) is 0 Å². The standard InChI is InChI=1S/C13H16N2O3/c1-8-7-9(18-2)3-4-10(8)14-11-5-6-12(16)15-13(11)17/h3-4,7,11,14H,5-6H2,1-2H3,(H,15,16,17). The number of ether oxygens (including phenoxy) is 1. The van der Waals surface area contributed by atoms with Crippen molar-refractivity contribution < 1.29 is 14.3 Å². The quantitative estimate of drug-likeness (QED) is 0.789. The van der Waals surface area contributed by atoms with Gasteiger partial charge in [0.05, 0.1) is 7.11 Å². The molecule has 2 N–H and O–H groups in total. The zero-order chi connectivity index (χ0) is 13.1. The number of amides is 2. The second-order valence-corrected chi connectivity index (χ2v) is 4.33. The monoisotopic (exact) mass is 248 g/mol. The van der Waals surface area contributed by atoms with Gasteiger partial charge in [-0.2, -0.15) is 0 Å². The Labute approximate surface area is 106 Å². The van der Waals surface area contributed by atoms with Crippen LogP contribution in [0.25, 0.3) is 0 Å². The lowest BCUT2D eigenvalue weighted by atomic mass is 10.0. The van der Waals surface area contributed by atoms with Gasteiger partial charge in [0.1, 0.15) is 11.8 Å². The highest BCUT2D eigenvalue weighted by Crippen LogP contribution is 2.22. The van der Waals surface area contributed by atoms with Gasteiger partial charge in [0.25, 0.3) is 0 Å². The molecule has 0 radical (unpaired) electrons. The van der Waals surface area contributed by atoms with Crippen LogP contribution in [0.3, 0.4) is 0 Å². The van der Waals surface area contributed by atoms with Gasteiger partial charge in [0, 0.05) is 12.1 Å². The molecule has 2 rings (SSSR count). The summed E-state index contributed by atoms with van der Waals surface area (Å²) in [6, 6.07) is 5.25. The molecule has 1 fully saturated rings. The first-order chi connectivity index (χ1) is 8.60. The maximum atomic E-state index is 11.6. The number of piperidine rings is 1. The number of rotatable bonds is 3. The summed E-state index contributed by atoms with van der Waals surface area (Å²) in [6.07, 6.45) is 0.898. The van der Waals surface area contributed by atoms with Crippen LogP contribution >= 0.6 is 0 Å². The lowest BCUT2D eigenvalue weighted by Crippen LogP contribution is -2.47. The van der Waals surface area contributed by atoms with Crippen molar-refractivity contribution in [2.45, 2.75) is 25.8 Å². The maximum Gasteiger partial charge on any atom is 0.249 e. The summed E-state index contributed by atoms with van der Waals surface area (Å²) in [6.45, 7) is 1.94. The summed E-state index contributed by atoms with van der Waals surface area (Å²) < 4.78 is 5.12. The number of aryl methyl sites for hydroxylation is 1. The summed E-state index contributed by atoms with van der Waals surface area (Å²) in [7, 11) is 1.61. The van der Waals surface area contributed by atoms with E-state index in [1.807, 2.05) is 25.1 Å². The number of nitrogens with one attached hydrogen (secondary N) is 2. The van der Waals surface area contributed by atoms with Gasteiger partial charge in [-0.15, -0.1) is 0 Å². The summed E-state index contributed by atoms with van der Waals surface area (Å²) in [4.78, 5) is 22.7. The zero-order valence-corrected chi connectivity index (χ0v) is 10.4.